The average Bonchev–Trinajstić information content (AvgIpc) is 3.69. The lowest BCUT2D eigenvalue weighted by Crippen LogP contribution is -2.35. The van der Waals surface area contributed by atoms with E-state index in [2.05, 4.69) is 72.7 Å². The topological polar surface area (TPSA) is 60.0 Å². The Morgan fingerprint density at radius 3 is 1.42 bits per heavy atom. The molecule has 1 aliphatic heterocycles. The summed E-state index contributed by atoms with van der Waals surface area (Å²) < 4.78 is 17.7. The van der Waals surface area contributed by atoms with Gasteiger partial charge in [-0.15, -0.1) is 0 Å². The Bertz CT molecular complexity index is 828. The third-order valence-electron chi connectivity index (χ3n) is 10.0. The summed E-state index contributed by atoms with van der Waals surface area (Å²) in [5.74, 6) is 0.0635. The molecule has 0 spiro atoms. The summed E-state index contributed by atoms with van der Waals surface area (Å²) in [6, 6.07) is 0. The van der Waals surface area contributed by atoms with Crippen LogP contribution in [-0.2, 0) is 14.2 Å². The molecular weight excluding hydrogens is 657 g/mol. The van der Waals surface area contributed by atoms with Crippen molar-refractivity contribution in [1.29, 1.82) is 0 Å². The highest BCUT2D eigenvalue weighted by molar-refractivity contribution is 5.67. The molecule has 1 saturated heterocycles. The van der Waals surface area contributed by atoms with E-state index in [9.17, 15) is 4.79 Å². The number of allylic oxidation sites excluding steroid dienone is 8. The van der Waals surface area contributed by atoms with Gasteiger partial charge >= 0.3 is 6.09 Å². The average molecular weight is 743 g/mol. The first-order chi connectivity index (χ1) is 26.3. The molecule has 6 heteroatoms. The number of carbonyl (C=O) groups excluding carboxylic acids is 1. The van der Waals surface area contributed by atoms with Crippen LogP contribution in [0.2, 0.25) is 0 Å². The minimum absolute atomic E-state index is 0.0635. The molecule has 1 fully saturated rings. The number of nitrogens with zero attached hydrogens (tertiary/aromatic N) is 1. The van der Waals surface area contributed by atoms with Crippen molar-refractivity contribution in [1.82, 2.24) is 10.2 Å². The van der Waals surface area contributed by atoms with Crippen LogP contribution in [0.1, 0.15) is 181 Å². The summed E-state index contributed by atoms with van der Waals surface area (Å²) in [6.45, 7) is 11.3. The van der Waals surface area contributed by atoms with Gasteiger partial charge in [-0.25, -0.2) is 4.79 Å². The molecule has 1 N–H and O–H groups in total. The number of hydrogen-bond acceptors (Lipinski definition) is 5. The van der Waals surface area contributed by atoms with Crippen LogP contribution in [0.5, 0.6) is 0 Å². The van der Waals surface area contributed by atoms with Crippen molar-refractivity contribution < 1.29 is 19.0 Å². The van der Waals surface area contributed by atoms with Gasteiger partial charge in [0.2, 0.25) is 0 Å². The molecule has 1 aliphatic rings. The van der Waals surface area contributed by atoms with Crippen molar-refractivity contribution in [2.75, 3.05) is 59.2 Å². The molecule has 1 amide bonds. The van der Waals surface area contributed by atoms with Crippen molar-refractivity contribution in [3.8, 4) is 0 Å². The summed E-state index contributed by atoms with van der Waals surface area (Å²) in [5.41, 5.74) is 0. The number of alkyl carbamates (subject to hydrolysis) is 1. The molecular formula is C47H86N2O4. The van der Waals surface area contributed by atoms with Gasteiger partial charge in [-0.05, 0) is 103 Å². The van der Waals surface area contributed by atoms with Crippen LogP contribution in [0.3, 0.4) is 0 Å². The van der Waals surface area contributed by atoms with Gasteiger partial charge in [0, 0.05) is 32.2 Å². The molecule has 0 saturated carbocycles. The molecule has 0 atom stereocenters. The van der Waals surface area contributed by atoms with Gasteiger partial charge in [0.15, 0.2) is 0 Å². The number of likely N-dealkylation sites (tertiary alicyclic amines) is 1. The van der Waals surface area contributed by atoms with Gasteiger partial charge in [0.1, 0.15) is 6.61 Å². The Morgan fingerprint density at radius 1 is 0.547 bits per heavy atom. The number of nitrogens with one attached hydrogen (secondary N) is 1. The van der Waals surface area contributed by atoms with E-state index >= 15 is 0 Å². The van der Waals surface area contributed by atoms with E-state index in [4.69, 9.17) is 14.2 Å². The Hall–Kier alpha value is -1.89. The lowest BCUT2D eigenvalue weighted by molar-refractivity contribution is 0.00889. The highest BCUT2D eigenvalue weighted by Gasteiger charge is 2.15. The van der Waals surface area contributed by atoms with Crippen molar-refractivity contribution in [3.05, 3.63) is 48.6 Å². The quantitative estimate of drug-likeness (QED) is 0.0502. The van der Waals surface area contributed by atoms with Crippen LogP contribution < -0.4 is 5.32 Å². The summed E-state index contributed by atoms with van der Waals surface area (Å²) in [5, 5.41) is 2.92. The summed E-state index contributed by atoms with van der Waals surface area (Å²) in [6.07, 6.45) is 50.7. The number of unbranched alkanes of at least 4 members (excludes halogenated alkanes) is 18. The van der Waals surface area contributed by atoms with Gasteiger partial charge in [0.25, 0.3) is 0 Å². The molecule has 6 nitrogen and oxygen atoms in total. The smallest absolute Gasteiger partial charge is 0.407 e. The number of rotatable bonds is 39. The third-order valence-corrected chi connectivity index (χ3v) is 10.0. The lowest BCUT2D eigenvalue weighted by Gasteiger charge is -2.18. The molecule has 0 radical (unpaired) electrons. The fourth-order valence-corrected chi connectivity index (χ4v) is 6.60. The van der Waals surface area contributed by atoms with Crippen molar-refractivity contribution in [2.24, 2.45) is 5.92 Å². The van der Waals surface area contributed by atoms with Gasteiger partial charge < -0.3 is 24.4 Å². The zero-order chi connectivity index (χ0) is 38.0. The molecule has 0 bridgehead atoms. The Labute approximate surface area is 329 Å². The summed E-state index contributed by atoms with van der Waals surface area (Å²) in [7, 11) is 0. The number of carbonyl (C=O) groups is 1. The highest BCUT2D eigenvalue weighted by atomic mass is 16.6. The lowest BCUT2D eigenvalue weighted by atomic mass is 10.1. The van der Waals surface area contributed by atoms with Crippen molar-refractivity contribution >= 4 is 6.09 Å². The van der Waals surface area contributed by atoms with E-state index in [-0.39, 0.29) is 12.0 Å². The molecule has 0 aromatic rings. The van der Waals surface area contributed by atoms with Crippen LogP contribution in [-0.4, -0.2) is 70.2 Å². The maximum absolute atomic E-state index is 12.4. The second-order valence-corrected chi connectivity index (χ2v) is 15.3. The van der Waals surface area contributed by atoms with E-state index in [1.54, 1.807) is 0 Å². The summed E-state index contributed by atoms with van der Waals surface area (Å²) in [4.78, 5) is 14.8. The van der Waals surface area contributed by atoms with Gasteiger partial charge in [-0.3, -0.25) is 0 Å². The van der Waals surface area contributed by atoms with Crippen LogP contribution >= 0.6 is 0 Å². The third kappa shape index (κ3) is 36.8. The van der Waals surface area contributed by atoms with Crippen LogP contribution in [0, 0.1) is 5.92 Å². The maximum Gasteiger partial charge on any atom is 0.407 e. The van der Waals surface area contributed by atoms with Gasteiger partial charge in [-0.1, -0.05) is 140 Å². The van der Waals surface area contributed by atoms with Crippen molar-refractivity contribution in [2.45, 2.75) is 181 Å². The zero-order valence-corrected chi connectivity index (χ0v) is 35.0. The van der Waals surface area contributed by atoms with Crippen LogP contribution in [0.25, 0.3) is 0 Å². The van der Waals surface area contributed by atoms with Crippen LogP contribution in [0.4, 0.5) is 4.79 Å². The zero-order valence-electron chi connectivity index (χ0n) is 35.0. The second-order valence-electron chi connectivity index (χ2n) is 15.3. The molecule has 1 rings (SSSR count). The Kier molecular flexibility index (Phi) is 38.3. The SMILES string of the molecule is CCCCCC=CCC=CCCCCCCCCOCC(COCCCCCCCCC=CCC=CCCCCC)COC(=O)NCCN1CCCC1. The number of amides is 1. The monoisotopic (exact) mass is 743 g/mol. The Balaban J connectivity index is 2.12. The van der Waals surface area contributed by atoms with Crippen molar-refractivity contribution in [3.63, 3.8) is 0 Å². The van der Waals surface area contributed by atoms with Gasteiger partial charge in [0.05, 0.1) is 13.2 Å². The van der Waals surface area contributed by atoms with E-state index < -0.39 is 0 Å². The summed E-state index contributed by atoms with van der Waals surface area (Å²) >= 11 is 0. The second kappa shape index (κ2) is 41.3. The van der Waals surface area contributed by atoms with Gasteiger partial charge in [-0.2, -0.15) is 0 Å². The van der Waals surface area contributed by atoms with E-state index in [0.717, 1.165) is 58.5 Å². The first-order valence-electron chi connectivity index (χ1n) is 22.6. The number of ether oxygens (including phenoxy) is 3. The Morgan fingerprint density at radius 2 is 0.962 bits per heavy atom. The standard InChI is InChI=1S/C47H86N2O4/c1-3-5-7-9-11-13-15-17-19-21-23-25-27-29-31-35-41-51-43-46(45-53-47(50)48-37-40-49-38-33-34-39-49)44-52-42-36-32-30-28-26-24-22-20-18-16-14-12-10-8-6-4-2/h11-14,17-20,46H,3-10,15-16,21-45H2,1-2H3,(H,48,50). The molecule has 308 valence electrons. The first kappa shape index (κ1) is 49.1. The van der Waals surface area contributed by atoms with E-state index in [0.29, 0.717) is 26.4 Å². The maximum atomic E-state index is 12.4. The molecule has 0 aliphatic carbocycles. The minimum Gasteiger partial charge on any atom is -0.449 e. The molecule has 1 heterocycles. The molecule has 0 aromatic carbocycles. The normalized spacial score (nSPS) is 14.5. The molecule has 0 aromatic heterocycles. The fraction of sp³-hybridized carbons (Fsp3) is 0.809. The van der Waals surface area contributed by atoms with E-state index in [1.165, 1.54) is 141 Å². The molecule has 53 heavy (non-hydrogen) atoms. The first-order valence-corrected chi connectivity index (χ1v) is 22.6. The fourth-order valence-electron chi connectivity index (χ4n) is 6.60. The minimum atomic E-state index is -0.329. The predicted molar refractivity (Wildman–Crippen MR) is 229 cm³/mol. The highest BCUT2D eigenvalue weighted by Crippen LogP contribution is 2.11. The van der Waals surface area contributed by atoms with E-state index in [1.807, 2.05) is 0 Å². The predicted octanol–water partition coefficient (Wildman–Crippen LogP) is 13.1. The number of hydrogen-bond donors (Lipinski definition) is 1. The largest absolute Gasteiger partial charge is 0.449 e. The van der Waals surface area contributed by atoms with Crippen LogP contribution in [0.15, 0.2) is 48.6 Å². The molecule has 0 unspecified atom stereocenters.